The van der Waals surface area contributed by atoms with Gasteiger partial charge in [-0.2, -0.15) is 0 Å². The van der Waals surface area contributed by atoms with Gasteiger partial charge in [0.1, 0.15) is 11.5 Å². The zero-order valence-electron chi connectivity index (χ0n) is 19.0. The zero-order chi connectivity index (χ0) is 21.7. The van der Waals surface area contributed by atoms with Crippen molar-refractivity contribution in [3.8, 4) is 0 Å². The summed E-state index contributed by atoms with van der Waals surface area (Å²) >= 11 is 0. The van der Waals surface area contributed by atoms with E-state index in [4.69, 9.17) is 4.42 Å². The van der Waals surface area contributed by atoms with Gasteiger partial charge in [-0.05, 0) is 58.8 Å². The van der Waals surface area contributed by atoms with Crippen molar-refractivity contribution in [2.24, 2.45) is 0 Å². The fourth-order valence-corrected chi connectivity index (χ4v) is 3.93. The average Bonchev–Trinajstić information content (AvgIpc) is 3.24. The van der Waals surface area contributed by atoms with Crippen molar-refractivity contribution in [3.05, 3.63) is 59.0 Å². The molecule has 0 saturated carbocycles. The van der Waals surface area contributed by atoms with Crippen LogP contribution in [-0.2, 0) is 6.54 Å². The van der Waals surface area contributed by atoms with Crippen LogP contribution in [0.25, 0.3) is 11.1 Å². The minimum absolute atomic E-state index is 0.0403. The van der Waals surface area contributed by atoms with Crippen LogP contribution in [0.5, 0.6) is 0 Å². The number of benzene rings is 1. The summed E-state index contributed by atoms with van der Waals surface area (Å²) in [5.74, 6) is 0.816. The molecule has 5 heteroatoms. The first kappa shape index (κ1) is 22.2. The van der Waals surface area contributed by atoms with Crippen molar-refractivity contribution in [1.82, 2.24) is 14.8 Å². The van der Waals surface area contributed by atoms with Crippen LogP contribution in [0.15, 0.2) is 40.8 Å². The standard InChI is InChI=1S/C25H35N3O2/c1-6-27(7-2)14-8-9-19(4)26-25(29)23-16-24-22(15-20(5)30-24)28(23)17-21-12-10-18(3)11-13-21/h10-13,15-16,19H,6-9,14,17H2,1-5H3,(H,26,29)/t19-/m1/s1. The molecule has 0 saturated heterocycles. The predicted molar refractivity (Wildman–Crippen MR) is 123 cm³/mol. The van der Waals surface area contributed by atoms with Gasteiger partial charge < -0.3 is 19.2 Å². The first-order valence-electron chi connectivity index (χ1n) is 11.1. The first-order chi connectivity index (χ1) is 14.4. The molecule has 3 aromatic rings. The Morgan fingerprint density at radius 2 is 1.83 bits per heavy atom. The second kappa shape index (κ2) is 9.98. The SMILES string of the molecule is CCN(CC)CCC[C@@H](C)NC(=O)c1cc2oc(C)cc2n1Cc1ccc(C)cc1. The maximum absolute atomic E-state index is 13.1. The third kappa shape index (κ3) is 5.33. The molecule has 30 heavy (non-hydrogen) atoms. The molecule has 0 fully saturated rings. The Kier molecular flexibility index (Phi) is 7.38. The molecule has 0 spiro atoms. The number of nitrogens with zero attached hydrogens (tertiary/aromatic N) is 2. The van der Waals surface area contributed by atoms with E-state index >= 15 is 0 Å². The average molecular weight is 410 g/mol. The first-order valence-corrected chi connectivity index (χ1v) is 11.1. The Morgan fingerprint density at radius 3 is 2.50 bits per heavy atom. The minimum Gasteiger partial charge on any atom is -0.460 e. The quantitative estimate of drug-likeness (QED) is 0.504. The summed E-state index contributed by atoms with van der Waals surface area (Å²) in [6, 6.07) is 12.5. The lowest BCUT2D eigenvalue weighted by Gasteiger charge is -2.20. The summed E-state index contributed by atoms with van der Waals surface area (Å²) in [7, 11) is 0. The molecule has 1 aromatic carbocycles. The van der Waals surface area contributed by atoms with Crippen molar-refractivity contribution >= 4 is 17.0 Å². The molecule has 1 atom stereocenters. The van der Waals surface area contributed by atoms with Gasteiger partial charge in [-0.3, -0.25) is 4.79 Å². The van der Waals surface area contributed by atoms with Crippen LogP contribution in [0.1, 0.15) is 61.0 Å². The van der Waals surface area contributed by atoms with Crippen LogP contribution in [0, 0.1) is 13.8 Å². The molecule has 1 N–H and O–H groups in total. The monoisotopic (exact) mass is 409 g/mol. The van der Waals surface area contributed by atoms with E-state index in [0.717, 1.165) is 49.3 Å². The molecule has 0 aliphatic carbocycles. The molecule has 1 amide bonds. The molecule has 162 valence electrons. The van der Waals surface area contributed by atoms with Crippen LogP contribution in [-0.4, -0.2) is 41.1 Å². The van der Waals surface area contributed by atoms with E-state index in [0.29, 0.717) is 12.2 Å². The molecular weight excluding hydrogens is 374 g/mol. The maximum Gasteiger partial charge on any atom is 0.268 e. The Hall–Kier alpha value is -2.53. The largest absolute Gasteiger partial charge is 0.460 e. The van der Waals surface area contributed by atoms with Crippen molar-refractivity contribution < 1.29 is 9.21 Å². The van der Waals surface area contributed by atoms with Crippen LogP contribution in [0.4, 0.5) is 0 Å². The number of furan rings is 1. The van der Waals surface area contributed by atoms with E-state index in [1.807, 2.05) is 19.1 Å². The molecule has 0 bridgehead atoms. The molecule has 5 nitrogen and oxygen atoms in total. The van der Waals surface area contributed by atoms with Gasteiger partial charge in [0.15, 0.2) is 5.58 Å². The van der Waals surface area contributed by atoms with E-state index in [2.05, 4.69) is 66.7 Å². The second-order valence-corrected chi connectivity index (χ2v) is 8.25. The number of aromatic nitrogens is 1. The molecule has 0 radical (unpaired) electrons. The third-order valence-electron chi connectivity index (χ3n) is 5.79. The number of hydrogen-bond acceptors (Lipinski definition) is 3. The van der Waals surface area contributed by atoms with Gasteiger partial charge in [-0.15, -0.1) is 0 Å². The van der Waals surface area contributed by atoms with Crippen LogP contribution < -0.4 is 5.32 Å². The third-order valence-corrected chi connectivity index (χ3v) is 5.79. The highest BCUT2D eigenvalue weighted by Gasteiger charge is 2.20. The summed E-state index contributed by atoms with van der Waals surface area (Å²) in [4.78, 5) is 15.5. The van der Waals surface area contributed by atoms with E-state index in [1.54, 1.807) is 0 Å². The predicted octanol–water partition coefficient (Wildman–Crippen LogP) is 5.14. The van der Waals surface area contributed by atoms with E-state index in [1.165, 1.54) is 11.1 Å². The number of rotatable bonds is 10. The Balaban J connectivity index is 1.73. The number of carbonyl (C=O) groups excluding carboxylic acids is 1. The van der Waals surface area contributed by atoms with Gasteiger partial charge in [0.2, 0.25) is 0 Å². The van der Waals surface area contributed by atoms with Crippen LogP contribution >= 0.6 is 0 Å². The minimum atomic E-state index is -0.0403. The number of amides is 1. The Labute approximate surface area is 180 Å². The summed E-state index contributed by atoms with van der Waals surface area (Å²) in [5, 5.41) is 3.19. The lowest BCUT2D eigenvalue weighted by Crippen LogP contribution is -2.35. The summed E-state index contributed by atoms with van der Waals surface area (Å²) in [6.07, 6.45) is 2.05. The fraction of sp³-hybridized carbons (Fsp3) is 0.480. The molecule has 2 aromatic heterocycles. The number of hydrogen-bond donors (Lipinski definition) is 1. The van der Waals surface area contributed by atoms with Gasteiger partial charge in [-0.25, -0.2) is 0 Å². The summed E-state index contributed by atoms with van der Waals surface area (Å²) in [5.41, 5.74) is 4.77. The highest BCUT2D eigenvalue weighted by molar-refractivity contribution is 5.97. The van der Waals surface area contributed by atoms with Gasteiger partial charge in [0.25, 0.3) is 5.91 Å². The second-order valence-electron chi connectivity index (χ2n) is 8.25. The zero-order valence-corrected chi connectivity index (χ0v) is 19.0. The van der Waals surface area contributed by atoms with Gasteiger partial charge in [0, 0.05) is 24.7 Å². The lowest BCUT2D eigenvalue weighted by atomic mass is 10.1. The number of carbonyl (C=O) groups is 1. The van der Waals surface area contributed by atoms with E-state index < -0.39 is 0 Å². The highest BCUT2D eigenvalue weighted by atomic mass is 16.3. The number of fused-ring (bicyclic) bond motifs is 1. The normalized spacial score (nSPS) is 12.6. The van der Waals surface area contributed by atoms with Crippen molar-refractivity contribution in [3.63, 3.8) is 0 Å². The van der Waals surface area contributed by atoms with Gasteiger partial charge >= 0.3 is 0 Å². The number of nitrogens with one attached hydrogen (secondary N) is 1. The Bertz CT molecular complexity index is 964. The molecule has 2 heterocycles. The van der Waals surface area contributed by atoms with Gasteiger partial charge in [-0.1, -0.05) is 43.7 Å². The maximum atomic E-state index is 13.1. The smallest absolute Gasteiger partial charge is 0.268 e. The van der Waals surface area contributed by atoms with E-state index in [-0.39, 0.29) is 11.9 Å². The summed E-state index contributed by atoms with van der Waals surface area (Å²) < 4.78 is 7.87. The summed E-state index contributed by atoms with van der Waals surface area (Å²) in [6.45, 7) is 14.3. The molecule has 0 unspecified atom stereocenters. The van der Waals surface area contributed by atoms with Crippen LogP contribution in [0.2, 0.25) is 0 Å². The van der Waals surface area contributed by atoms with E-state index in [9.17, 15) is 4.79 Å². The number of aryl methyl sites for hydroxylation is 2. The van der Waals surface area contributed by atoms with Crippen LogP contribution in [0.3, 0.4) is 0 Å². The molecular formula is C25H35N3O2. The molecule has 3 rings (SSSR count). The van der Waals surface area contributed by atoms with Crippen molar-refractivity contribution in [2.75, 3.05) is 19.6 Å². The topological polar surface area (TPSA) is 50.4 Å². The Morgan fingerprint density at radius 1 is 1.13 bits per heavy atom. The molecule has 0 aliphatic heterocycles. The molecule has 0 aliphatic rings. The van der Waals surface area contributed by atoms with Crippen molar-refractivity contribution in [1.29, 1.82) is 0 Å². The fourth-order valence-electron chi connectivity index (χ4n) is 3.93. The van der Waals surface area contributed by atoms with Crippen molar-refractivity contribution in [2.45, 2.75) is 60.0 Å². The highest BCUT2D eigenvalue weighted by Crippen LogP contribution is 2.25. The van der Waals surface area contributed by atoms with Gasteiger partial charge in [0.05, 0.1) is 5.52 Å². The lowest BCUT2D eigenvalue weighted by molar-refractivity contribution is 0.0928.